The van der Waals surface area contributed by atoms with Gasteiger partial charge in [-0.1, -0.05) is 48.5 Å². The molecule has 0 saturated heterocycles. The van der Waals surface area contributed by atoms with E-state index in [9.17, 15) is 27.6 Å². The van der Waals surface area contributed by atoms with Gasteiger partial charge in [-0.15, -0.1) is 11.3 Å². The van der Waals surface area contributed by atoms with Crippen LogP contribution in [0.1, 0.15) is 31.7 Å². The second kappa shape index (κ2) is 9.74. The number of fused-ring (bicyclic) bond motifs is 3. The van der Waals surface area contributed by atoms with Crippen LogP contribution in [-0.4, -0.2) is 46.9 Å². The van der Waals surface area contributed by atoms with Crippen molar-refractivity contribution in [2.75, 3.05) is 6.61 Å². The first kappa shape index (κ1) is 24.2. The van der Waals surface area contributed by atoms with E-state index in [-0.39, 0.29) is 29.0 Å². The topological polar surface area (TPSA) is 118 Å². The fourth-order valence-electron chi connectivity index (χ4n) is 3.78. The Bertz CT molecular complexity index is 1230. The van der Waals surface area contributed by atoms with E-state index in [4.69, 9.17) is 9.84 Å². The first-order chi connectivity index (χ1) is 16.6. The largest absolute Gasteiger partial charge is 0.479 e. The van der Waals surface area contributed by atoms with Gasteiger partial charge in [-0.25, -0.2) is 14.6 Å². The van der Waals surface area contributed by atoms with Crippen molar-refractivity contribution in [2.24, 2.45) is 0 Å². The minimum Gasteiger partial charge on any atom is -0.479 e. The number of nitrogens with one attached hydrogen (secondary N) is 2. The molecule has 182 valence electrons. The van der Waals surface area contributed by atoms with E-state index in [2.05, 4.69) is 10.3 Å². The number of ether oxygens (including phenoxy) is 1. The lowest BCUT2D eigenvalue weighted by atomic mass is 9.98. The van der Waals surface area contributed by atoms with Crippen molar-refractivity contribution in [3.05, 3.63) is 75.7 Å². The summed E-state index contributed by atoms with van der Waals surface area (Å²) in [6.45, 7) is -0.0321. The maximum Gasteiger partial charge on any atom is 0.419 e. The number of hydrogen-bond acceptors (Lipinski definition) is 6. The molecule has 12 heteroatoms. The van der Waals surface area contributed by atoms with E-state index >= 15 is 0 Å². The predicted molar refractivity (Wildman–Crippen MR) is 119 cm³/mol. The number of alkyl halides is 3. The Morgan fingerprint density at radius 1 is 1.06 bits per heavy atom. The van der Waals surface area contributed by atoms with Crippen LogP contribution in [-0.2, 0) is 16.1 Å². The molecule has 0 radical (unpaired) electrons. The highest BCUT2D eigenvalue weighted by molar-refractivity contribution is 7.13. The van der Waals surface area contributed by atoms with Crippen LogP contribution in [0.5, 0.6) is 0 Å². The van der Waals surface area contributed by atoms with Gasteiger partial charge in [-0.2, -0.15) is 13.2 Å². The van der Waals surface area contributed by atoms with Crippen LogP contribution in [0.4, 0.5) is 18.0 Å². The number of alkyl carbamates (subject to hydrolysis) is 1. The molecule has 1 heterocycles. The number of benzene rings is 2. The number of carbonyl (C=O) groups is 3. The van der Waals surface area contributed by atoms with Crippen molar-refractivity contribution in [1.82, 2.24) is 15.6 Å². The van der Waals surface area contributed by atoms with Gasteiger partial charge in [0, 0.05) is 5.92 Å². The lowest BCUT2D eigenvalue weighted by molar-refractivity contribution is -0.178. The van der Waals surface area contributed by atoms with Crippen LogP contribution in [0.2, 0.25) is 0 Å². The summed E-state index contributed by atoms with van der Waals surface area (Å²) in [5.74, 6) is -3.59. The molecule has 1 aliphatic carbocycles. The minimum absolute atomic E-state index is 0.0966. The van der Waals surface area contributed by atoms with Gasteiger partial charge in [0.2, 0.25) is 6.04 Å². The predicted octanol–water partition coefficient (Wildman–Crippen LogP) is 3.93. The van der Waals surface area contributed by atoms with E-state index in [0.717, 1.165) is 39.8 Å². The van der Waals surface area contributed by atoms with Crippen molar-refractivity contribution in [3.8, 4) is 11.1 Å². The number of aliphatic carboxylic acids is 1. The molecule has 2 amide bonds. The quantitative estimate of drug-likeness (QED) is 0.448. The van der Waals surface area contributed by atoms with Crippen molar-refractivity contribution in [2.45, 2.75) is 24.7 Å². The molecular formula is C23H18F3N3O5S. The molecule has 0 spiro atoms. The van der Waals surface area contributed by atoms with Gasteiger partial charge in [0.25, 0.3) is 5.91 Å². The lowest BCUT2D eigenvalue weighted by Crippen LogP contribution is -2.50. The molecule has 3 N–H and O–H groups in total. The molecule has 0 aliphatic heterocycles. The highest BCUT2D eigenvalue weighted by atomic mass is 32.1. The Labute approximate surface area is 200 Å². The average Bonchev–Trinajstić information content (AvgIpc) is 3.42. The number of hydrogen-bond donors (Lipinski definition) is 3. The molecule has 4 rings (SSSR count). The van der Waals surface area contributed by atoms with Crippen molar-refractivity contribution < 1.29 is 37.4 Å². The van der Waals surface area contributed by atoms with E-state index in [1.165, 1.54) is 5.32 Å². The van der Waals surface area contributed by atoms with Crippen LogP contribution in [0, 0.1) is 0 Å². The highest BCUT2D eigenvalue weighted by Crippen LogP contribution is 2.44. The van der Waals surface area contributed by atoms with Crippen molar-refractivity contribution >= 4 is 29.3 Å². The van der Waals surface area contributed by atoms with E-state index in [1.54, 1.807) is 0 Å². The van der Waals surface area contributed by atoms with Gasteiger partial charge in [-0.05, 0) is 22.3 Å². The fraction of sp³-hybridized carbons (Fsp3) is 0.217. The van der Waals surface area contributed by atoms with Gasteiger partial charge in [0.1, 0.15) is 16.5 Å². The first-order valence-corrected chi connectivity index (χ1v) is 11.1. The molecule has 1 atom stereocenters. The van der Waals surface area contributed by atoms with E-state index < -0.39 is 30.2 Å². The monoisotopic (exact) mass is 505 g/mol. The number of amides is 2. The third-order valence-electron chi connectivity index (χ3n) is 5.35. The Kier molecular flexibility index (Phi) is 6.74. The number of nitrogens with zero attached hydrogens (tertiary/aromatic N) is 1. The molecule has 8 nitrogen and oxygen atoms in total. The highest BCUT2D eigenvalue weighted by Gasteiger charge is 2.46. The molecule has 0 bridgehead atoms. The summed E-state index contributed by atoms with van der Waals surface area (Å²) in [4.78, 5) is 38.7. The molecule has 1 unspecified atom stereocenters. The first-order valence-electron chi connectivity index (χ1n) is 10.3. The number of carboxylic acids is 1. The molecule has 0 saturated carbocycles. The zero-order valence-corrected chi connectivity index (χ0v) is 18.7. The van der Waals surface area contributed by atoms with Gasteiger partial charge in [0.05, 0.1) is 12.7 Å². The van der Waals surface area contributed by atoms with Crippen LogP contribution < -0.4 is 10.6 Å². The normalized spacial score (nSPS) is 13.5. The van der Waals surface area contributed by atoms with Crippen molar-refractivity contribution in [1.29, 1.82) is 0 Å². The number of aromatic nitrogens is 1. The lowest BCUT2D eigenvalue weighted by Gasteiger charge is -2.16. The van der Waals surface area contributed by atoms with Crippen LogP contribution in [0.3, 0.4) is 0 Å². The summed E-state index contributed by atoms with van der Waals surface area (Å²) < 4.78 is 43.6. The minimum atomic E-state index is -5.15. The third kappa shape index (κ3) is 5.27. The summed E-state index contributed by atoms with van der Waals surface area (Å²) in [5, 5.41) is 12.8. The number of halogens is 3. The fourth-order valence-corrected chi connectivity index (χ4v) is 4.54. The molecule has 3 aromatic rings. The van der Waals surface area contributed by atoms with Gasteiger partial charge < -0.3 is 20.5 Å². The van der Waals surface area contributed by atoms with E-state index in [0.29, 0.717) is 0 Å². The Hall–Kier alpha value is -3.93. The zero-order valence-electron chi connectivity index (χ0n) is 17.8. The zero-order chi connectivity index (χ0) is 25.2. The summed E-state index contributed by atoms with van der Waals surface area (Å²) in [6.07, 6.45) is -4.87. The van der Waals surface area contributed by atoms with Crippen molar-refractivity contribution in [3.63, 3.8) is 0 Å². The number of rotatable bonds is 7. The molecule has 0 fully saturated rings. The van der Waals surface area contributed by atoms with Gasteiger partial charge in [-0.3, -0.25) is 4.79 Å². The summed E-state index contributed by atoms with van der Waals surface area (Å²) in [5.41, 5.74) is 4.27. The molecule has 35 heavy (non-hydrogen) atoms. The Morgan fingerprint density at radius 3 is 2.23 bits per heavy atom. The summed E-state index contributed by atoms with van der Waals surface area (Å²) in [7, 11) is 0. The molecular weight excluding hydrogens is 487 g/mol. The number of carbonyl (C=O) groups excluding carboxylic acids is 2. The molecule has 1 aliphatic rings. The summed E-state index contributed by atoms with van der Waals surface area (Å²) in [6, 6.07) is 12.7. The van der Waals surface area contributed by atoms with Gasteiger partial charge in [0.15, 0.2) is 0 Å². The van der Waals surface area contributed by atoms with E-state index in [1.807, 2.05) is 48.5 Å². The average molecular weight is 505 g/mol. The van der Waals surface area contributed by atoms with Crippen LogP contribution >= 0.6 is 11.3 Å². The second-order valence-corrected chi connectivity index (χ2v) is 8.70. The third-order valence-corrected chi connectivity index (χ3v) is 6.35. The Morgan fingerprint density at radius 2 is 1.66 bits per heavy atom. The number of carboxylic acid groups (broad SMARTS) is 1. The van der Waals surface area contributed by atoms with Crippen LogP contribution in [0.25, 0.3) is 11.1 Å². The standard InChI is InChI=1S/C23H18F3N3O5S/c24-23(25,26)19(21(31)32)29-20(30)17-9-27-18(35-17)10-28-22(33)34-11-16-14-7-3-1-5-12(14)13-6-2-4-8-15(13)16/h1-9,16,19H,10-11H2,(H,28,33)(H,29,30)(H,31,32). The van der Waals surface area contributed by atoms with Gasteiger partial charge >= 0.3 is 18.2 Å². The maximum atomic E-state index is 12.7. The molecule has 1 aromatic heterocycles. The SMILES string of the molecule is O=C(NCc1ncc(C(=O)NC(C(=O)O)C(F)(F)F)s1)OCC1c2ccccc2-c2ccccc21. The smallest absolute Gasteiger partial charge is 0.419 e. The molecule has 2 aromatic carbocycles. The number of thiazole rings is 1. The van der Waals surface area contributed by atoms with Crippen LogP contribution in [0.15, 0.2) is 54.7 Å². The maximum absolute atomic E-state index is 12.7. The Balaban J connectivity index is 1.32. The summed E-state index contributed by atoms with van der Waals surface area (Å²) >= 11 is 0.718. The second-order valence-electron chi connectivity index (χ2n) is 7.58.